The highest BCUT2D eigenvalue weighted by molar-refractivity contribution is 9.10. The third-order valence-corrected chi connectivity index (χ3v) is 3.03. The molecule has 0 spiro atoms. The predicted octanol–water partition coefficient (Wildman–Crippen LogP) is 3.18. The van der Waals surface area contributed by atoms with Crippen LogP contribution in [0.2, 0.25) is 0 Å². The normalized spacial score (nSPS) is 15.1. The molecule has 0 bridgehead atoms. The van der Waals surface area contributed by atoms with Gasteiger partial charge in [-0.1, -0.05) is 0 Å². The van der Waals surface area contributed by atoms with Gasteiger partial charge in [-0.15, -0.1) is 0 Å². The van der Waals surface area contributed by atoms with E-state index in [1.807, 2.05) is 18.3 Å². The number of hydrogen-bond donors (Lipinski definition) is 0. The first-order valence-electron chi connectivity index (χ1n) is 5.28. The Morgan fingerprint density at radius 2 is 2.12 bits per heavy atom. The minimum Gasteiger partial charge on any atom is -0.264 e. The van der Waals surface area contributed by atoms with Crippen molar-refractivity contribution in [2.24, 2.45) is 0 Å². The number of aromatic nitrogens is 3. The molecular weight excluding hydrogens is 266 g/mol. The van der Waals surface area contributed by atoms with E-state index in [9.17, 15) is 0 Å². The first-order valence-corrected chi connectivity index (χ1v) is 6.07. The zero-order valence-electron chi connectivity index (χ0n) is 8.60. The minimum absolute atomic E-state index is 0.634. The van der Waals surface area contributed by atoms with Crippen LogP contribution in [-0.4, -0.2) is 15.0 Å². The number of halogens is 1. The lowest BCUT2D eigenvalue weighted by atomic mass is 10.1. The lowest BCUT2D eigenvalue weighted by Gasteiger charge is -2.03. The molecule has 0 saturated heterocycles. The molecule has 3 rings (SSSR count). The van der Waals surface area contributed by atoms with Gasteiger partial charge in [-0.2, -0.15) is 0 Å². The summed E-state index contributed by atoms with van der Waals surface area (Å²) in [5.41, 5.74) is 3.12. The van der Waals surface area contributed by atoms with Gasteiger partial charge in [0, 0.05) is 29.6 Å². The second-order valence-corrected chi connectivity index (χ2v) is 4.67. The lowest BCUT2D eigenvalue weighted by Crippen LogP contribution is -1.94. The van der Waals surface area contributed by atoms with E-state index in [0.29, 0.717) is 10.7 Å². The van der Waals surface area contributed by atoms with E-state index >= 15 is 0 Å². The van der Waals surface area contributed by atoms with Gasteiger partial charge in [0.25, 0.3) is 0 Å². The SMILES string of the molecule is Brc1nc(-c2cccnc2)cc(C2CC2)n1. The van der Waals surface area contributed by atoms with Gasteiger partial charge in [0.2, 0.25) is 0 Å². The molecule has 0 aromatic carbocycles. The van der Waals surface area contributed by atoms with E-state index in [2.05, 4.69) is 36.9 Å². The second kappa shape index (κ2) is 3.94. The molecule has 2 aromatic heterocycles. The summed E-state index contributed by atoms with van der Waals surface area (Å²) in [5, 5.41) is 0. The van der Waals surface area contributed by atoms with Gasteiger partial charge in [0.1, 0.15) is 0 Å². The van der Waals surface area contributed by atoms with Gasteiger partial charge in [0.15, 0.2) is 4.73 Å². The molecule has 1 aliphatic rings. The Balaban J connectivity index is 2.06. The van der Waals surface area contributed by atoms with Crippen LogP contribution < -0.4 is 0 Å². The molecule has 80 valence electrons. The number of rotatable bonds is 2. The molecule has 0 radical (unpaired) electrons. The summed E-state index contributed by atoms with van der Waals surface area (Å²) in [6.45, 7) is 0. The zero-order chi connectivity index (χ0) is 11.0. The van der Waals surface area contributed by atoms with Crippen LogP contribution in [0.3, 0.4) is 0 Å². The Morgan fingerprint density at radius 3 is 2.81 bits per heavy atom. The Kier molecular flexibility index (Phi) is 2.44. The Labute approximate surface area is 102 Å². The van der Waals surface area contributed by atoms with Crippen molar-refractivity contribution in [1.29, 1.82) is 0 Å². The first kappa shape index (κ1) is 9.90. The topological polar surface area (TPSA) is 38.7 Å². The van der Waals surface area contributed by atoms with E-state index in [-0.39, 0.29) is 0 Å². The van der Waals surface area contributed by atoms with Gasteiger partial charge in [0.05, 0.1) is 5.69 Å². The molecule has 1 aliphatic carbocycles. The highest BCUT2D eigenvalue weighted by Crippen LogP contribution is 2.40. The van der Waals surface area contributed by atoms with Crippen molar-refractivity contribution in [3.8, 4) is 11.3 Å². The van der Waals surface area contributed by atoms with Crippen molar-refractivity contribution < 1.29 is 0 Å². The highest BCUT2D eigenvalue weighted by atomic mass is 79.9. The smallest absolute Gasteiger partial charge is 0.197 e. The molecular formula is C12H10BrN3. The zero-order valence-corrected chi connectivity index (χ0v) is 10.2. The fraction of sp³-hybridized carbons (Fsp3) is 0.250. The van der Waals surface area contributed by atoms with E-state index < -0.39 is 0 Å². The summed E-state index contributed by atoms with van der Waals surface area (Å²) in [4.78, 5) is 12.9. The molecule has 0 unspecified atom stereocenters. The van der Waals surface area contributed by atoms with Gasteiger partial charge in [-0.05, 0) is 47.0 Å². The number of pyridine rings is 1. The summed E-state index contributed by atoms with van der Waals surface area (Å²) < 4.78 is 0.663. The van der Waals surface area contributed by atoms with E-state index in [1.165, 1.54) is 12.8 Å². The van der Waals surface area contributed by atoms with Crippen molar-refractivity contribution in [1.82, 2.24) is 15.0 Å². The first-order chi connectivity index (χ1) is 7.83. The predicted molar refractivity (Wildman–Crippen MR) is 64.9 cm³/mol. The van der Waals surface area contributed by atoms with Gasteiger partial charge in [-0.25, -0.2) is 9.97 Å². The number of nitrogens with zero attached hydrogens (tertiary/aromatic N) is 3. The molecule has 4 heteroatoms. The van der Waals surface area contributed by atoms with Gasteiger partial charge in [-0.3, -0.25) is 4.98 Å². The van der Waals surface area contributed by atoms with E-state index in [4.69, 9.17) is 0 Å². The lowest BCUT2D eigenvalue weighted by molar-refractivity contribution is 0.966. The average Bonchev–Trinajstić information content (AvgIpc) is 3.13. The molecule has 3 nitrogen and oxygen atoms in total. The third-order valence-electron chi connectivity index (χ3n) is 2.67. The Bertz CT molecular complexity index is 509. The molecule has 2 heterocycles. The van der Waals surface area contributed by atoms with Crippen molar-refractivity contribution >= 4 is 15.9 Å². The Hall–Kier alpha value is -1.29. The van der Waals surface area contributed by atoms with Crippen LogP contribution in [0.15, 0.2) is 35.3 Å². The summed E-state index contributed by atoms with van der Waals surface area (Å²) in [6.07, 6.45) is 6.08. The molecule has 1 fully saturated rings. The minimum atomic E-state index is 0.634. The van der Waals surface area contributed by atoms with Crippen molar-refractivity contribution in [2.45, 2.75) is 18.8 Å². The van der Waals surface area contributed by atoms with E-state index in [0.717, 1.165) is 17.0 Å². The number of hydrogen-bond acceptors (Lipinski definition) is 3. The van der Waals surface area contributed by atoms with Crippen molar-refractivity contribution in [3.63, 3.8) is 0 Å². The molecule has 0 aliphatic heterocycles. The van der Waals surface area contributed by atoms with Crippen LogP contribution in [0.5, 0.6) is 0 Å². The van der Waals surface area contributed by atoms with Crippen LogP contribution in [0, 0.1) is 0 Å². The van der Waals surface area contributed by atoms with Crippen molar-refractivity contribution in [2.75, 3.05) is 0 Å². The monoisotopic (exact) mass is 275 g/mol. The van der Waals surface area contributed by atoms with Gasteiger partial charge >= 0.3 is 0 Å². The third kappa shape index (κ3) is 1.97. The summed E-state index contributed by atoms with van der Waals surface area (Å²) >= 11 is 3.36. The van der Waals surface area contributed by atoms with Crippen LogP contribution in [0.4, 0.5) is 0 Å². The van der Waals surface area contributed by atoms with E-state index in [1.54, 1.807) is 6.20 Å². The van der Waals surface area contributed by atoms with Crippen molar-refractivity contribution in [3.05, 3.63) is 41.0 Å². The maximum atomic E-state index is 4.41. The molecule has 1 saturated carbocycles. The van der Waals surface area contributed by atoms with Crippen LogP contribution in [-0.2, 0) is 0 Å². The average molecular weight is 276 g/mol. The summed E-state index contributed by atoms with van der Waals surface area (Å²) in [5.74, 6) is 0.634. The Morgan fingerprint density at radius 1 is 1.25 bits per heavy atom. The molecule has 16 heavy (non-hydrogen) atoms. The molecule has 0 amide bonds. The molecule has 2 aromatic rings. The van der Waals surface area contributed by atoms with Gasteiger partial charge < -0.3 is 0 Å². The highest BCUT2D eigenvalue weighted by Gasteiger charge is 2.26. The summed E-state index contributed by atoms with van der Waals surface area (Å²) in [7, 11) is 0. The quantitative estimate of drug-likeness (QED) is 0.791. The van der Waals surface area contributed by atoms with Crippen LogP contribution in [0.1, 0.15) is 24.5 Å². The fourth-order valence-corrected chi connectivity index (χ4v) is 2.08. The summed E-state index contributed by atoms with van der Waals surface area (Å²) in [6, 6.07) is 6.00. The molecule has 0 N–H and O–H groups in total. The fourth-order valence-electron chi connectivity index (χ4n) is 1.69. The molecule has 0 atom stereocenters. The second-order valence-electron chi connectivity index (χ2n) is 3.96. The maximum Gasteiger partial charge on any atom is 0.197 e. The largest absolute Gasteiger partial charge is 0.264 e. The van der Waals surface area contributed by atoms with Crippen LogP contribution in [0.25, 0.3) is 11.3 Å². The van der Waals surface area contributed by atoms with Crippen LogP contribution >= 0.6 is 15.9 Å². The maximum absolute atomic E-state index is 4.41. The standard InChI is InChI=1S/C12H10BrN3/c13-12-15-10(8-3-4-8)6-11(16-12)9-2-1-5-14-7-9/h1-2,5-8H,3-4H2.